The first-order valence-electron chi connectivity index (χ1n) is 8.30. The SMILES string of the molecule is Cn1c(=O)c(CNC(=O)N2CCCC(C(=O)O)C2)cc2ccccc21. The van der Waals surface area contributed by atoms with Crippen LogP contribution in [0.4, 0.5) is 4.79 Å². The van der Waals surface area contributed by atoms with Gasteiger partial charge in [0.15, 0.2) is 0 Å². The zero-order valence-corrected chi connectivity index (χ0v) is 14.1. The standard InChI is InChI=1S/C18H21N3O4/c1-20-15-7-3-2-5-12(15)9-14(16(20)22)10-19-18(25)21-8-4-6-13(11-21)17(23)24/h2-3,5,7,9,13H,4,6,8,10-11H2,1H3,(H,19,25)(H,23,24). The van der Waals surface area contributed by atoms with Crippen LogP contribution in [0.2, 0.25) is 0 Å². The van der Waals surface area contributed by atoms with Crippen LogP contribution in [0.1, 0.15) is 18.4 Å². The van der Waals surface area contributed by atoms with Crippen LogP contribution in [0.15, 0.2) is 35.1 Å². The van der Waals surface area contributed by atoms with Crippen LogP contribution in [-0.2, 0) is 18.4 Å². The molecule has 1 aliphatic rings. The minimum absolute atomic E-state index is 0.116. The number of likely N-dealkylation sites (tertiary alicyclic amines) is 1. The van der Waals surface area contributed by atoms with Gasteiger partial charge in [0.05, 0.1) is 11.4 Å². The maximum absolute atomic E-state index is 12.4. The summed E-state index contributed by atoms with van der Waals surface area (Å²) in [6.07, 6.45) is 1.26. The molecule has 0 saturated carbocycles. The number of rotatable bonds is 3. The van der Waals surface area contributed by atoms with Gasteiger partial charge in [-0.25, -0.2) is 4.79 Å². The molecular formula is C18H21N3O4. The third kappa shape index (κ3) is 3.50. The minimum Gasteiger partial charge on any atom is -0.481 e. The van der Waals surface area contributed by atoms with E-state index in [4.69, 9.17) is 5.11 Å². The number of para-hydroxylation sites is 1. The molecule has 2 heterocycles. The number of hydrogen-bond donors (Lipinski definition) is 2. The number of pyridine rings is 1. The Bertz CT molecular complexity index is 874. The number of aryl methyl sites for hydroxylation is 1. The summed E-state index contributed by atoms with van der Waals surface area (Å²) in [7, 11) is 1.71. The molecule has 1 aliphatic heterocycles. The molecule has 132 valence electrons. The average Bonchev–Trinajstić information content (AvgIpc) is 2.63. The van der Waals surface area contributed by atoms with Gasteiger partial charge in [0.1, 0.15) is 0 Å². The fourth-order valence-electron chi connectivity index (χ4n) is 3.26. The number of carboxylic acid groups (broad SMARTS) is 1. The largest absolute Gasteiger partial charge is 0.481 e. The first-order chi connectivity index (χ1) is 12.0. The molecule has 2 aromatic rings. The smallest absolute Gasteiger partial charge is 0.317 e. The van der Waals surface area contributed by atoms with Crippen molar-refractivity contribution in [2.45, 2.75) is 19.4 Å². The highest BCUT2D eigenvalue weighted by atomic mass is 16.4. The molecule has 1 saturated heterocycles. The summed E-state index contributed by atoms with van der Waals surface area (Å²) < 4.78 is 1.57. The maximum atomic E-state index is 12.4. The van der Waals surface area contributed by atoms with Gasteiger partial charge < -0.3 is 19.9 Å². The number of carboxylic acids is 1. The van der Waals surface area contributed by atoms with Crippen molar-refractivity contribution in [1.82, 2.24) is 14.8 Å². The molecule has 0 aliphatic carbocycles. The van der Waals surface area contributed by atoms with Crippen molar-refractivity contribution in [1.29, 1.82) is 0 Å². The van der Waals surface area contributed by atoms with Crippen molar-refractivity contribution in [3.63, 3.8) is 0 Å². The van der Waals surface area contributed by atoms with Gasteiger partial charge in [-0.1, -0.05) is 18.2 Å². The van der Waals surface area contributed by atoms with E-state index in [0.29, 0.717) is 24.9 Å². The van der Waals surface area contributed by atoms with Gasteiger partial charge >= 0.3 is 12.0 Å². The van der Waals surface area contributed by atoms with E-state index in [-0.39, 0.29) is 24.7 Å². The van der Waals surface area contributed by atoms with Crippen LogP contribution >= 0.6 is 0 Å². The number of nitrogens with one attached hydrogen (secondary N) is 1. The molecule has 25 heavy (non-hydrogen) atoms. The summed E-state index contributed by atoms with van der Waals surface area (Å²) in [4.78, 5) is 37.4. The highest BCUT2D eigenvalue weighted by Crippen LogP contribution is 2.17. The van der Waals surface area contributed by atoms with Crippen molar-refractivity contribution in [2.75, 3.05) is 13.1 Å². The summed E-state index contributed by atoms with van der Waals surface area (Å²) >= 11 is 0. The predicted octanol–water partition coefficient (Wildman–Crippen LogP) is 1.54. The van der Waals surface area contributed by atoms with Crippen LogP contribution in [-0.4, -0.2) is 39.7 Å². The third-order valence-electron chi connectivity index (χ3n) is 4.70. The number of hydrogen-bond acceptors (Lipinski definition) is 3. The van der Waals surface area contributed by atoms with E-state index in [0.717, 1.165) is 10.9 Å². The molecule has 1 unspecified atom stereocenters. The number of amides is 2. The lowest BCUT2D eigenvalue weighted by atomic mass is 9.99. The van der Waals surface area contributed by atoms with Crippen molar-refractivity contribution in [3.05, 3.63) is 46.2 Å². The molecule has 2 amide bonds. The minimum atomic E-state index is -0.874. The molecule has 3 rings (SSSR count). The monoisotopic (exact) mass is 343 g/mol. The zero-order chi connectivity index (χ0) is 18.0. The second kappa shape index (κ2) is 6.96. The lowest BCUT2D eigenvalue weighted by Crippen LogP contribution is -2.47. The summed E-state index contributed by atoms with van der Waals surface area (Å²) in [6, 6.07) is 9.02. The maximum Gasteiger partial charge on any atom is 0.317 e. The summed E-state index contributed by atoms with van der Waals surface area (Å²) in [5.74, 6) is -1.39. The van der Waals surface area contributed by atoms with E-state index in [1.165, 1.54) is 4.90 Å². The zero-order valence-electron chi connectivity index (χ0n) is 14.1. The van der Waals surface area contributed by atoms with Crippen molar-refractivity contribution in [2.24, 2.45) is 13.0 Å². The number of piperidine rings is 1. The number of carbonyl (C=O) groups is 2. The molecule has 7 heteroatoms. The number of nitrogens with zero attached hydrogens (tertiary/aromatic N) is 2. The van der Waals surface area contributed by atoms with E-state index in [1.54, 1.807) is 17.7 Å². The molecule has 0 spiro atoms. The molecule has 1 atom stereocenters. The Labute approximate surface area is 144 Å². The third-order valence-corrected chi connectivity index (χ3v) is 4.70. The highest BCUT2D eigenvalue weighted by Gasteiger charge is 2.28. The average molecular weight is 343 g/mol. The topological polar surface area (TPSA) is 91.6 Å². The lowest BCUT2D eigenvalue weighted by Gasteiger charge is -2.30. The first-order valence-corrected chi connectivity index (χ1v) is 8.30. The molecule has 0 radical (unpaired) electrons. The van der Waals surface area contributed by atoms with E-state index in [2.05, 4.69) is 5.32 Å². The van der Waals surface area contributed by atoms with Crippen LogP contribution < -0.4 is 10.9 Å². The van der Waals surface area contributed by atoms with Crippen LogP contribution in [0, 0.1) is 5.92 Å². The lowest BCUT2D eigenvalue weighted by molar-refractivity contribution is -0.143. The highest BCUT2D eigenvalue weighted by molar-refractivity contribution is 5.80. The molecule has 7 nitrogen and oxygen atoms in total. The summed E-state index contributed by atoms with van der Waals surface area (Å²) in [5, 5.41) is 12.8. The summed E-state index contributed by atoms with van der Waals surface area (Å²) in [5.41, 5.74) is 1.19. The number of benzene rings is 1. The molecular weight excluding hydrogens is 322 g/mol. The van der Waals surface area contributed by atoms with Crippen LogP contribution in [0.5, 0.6) is 0 Å². The van der Waals surface area contributed by atoms with Gasteiger partial charge in [0.2, 0.25) is 0 Å². The Hall–Kier alpha value is -2.83. The fourth-order valence-corrected chi connectivity index (χ4v) is 3.26. The van der Waals surface area contributed by atoms with Gasteiger partial charge in [-0.05, 0) is 30.4 Å². The van der Waals surface area contributed by atoms with Crippen LogP contribution in [0.25, 0.3) is 10.9 Å². The van der Waals surface area contributed by atoms with Crippen molar-refractivity contribution < 1.29 is 14.7 Å². The second-order valence-electron chi connectivity index (χ2n) is 6.37. The van der Waals surface area contributed by atoms with Gasteiger partial charge in [0.25, 0.3) is 5.56 Å². The Balaban J connectivity index is 1.72. The quantitative estimate of drug-likeness (QED) is 0.884. The Morgan fingerprint density at radius 1 is 1.32 bits per heavy atom. The van der Waals surface area contributed by atoms with Gasteiger partial charge in [0, 0.05) is 32.2 Å². The first kappa shape index (κ1) is 17.0. The van der Waals surface area contributed by atoms with E-state index >= 15 is 0 Å². The van der Waals surface area contributed by atoms with E-state index in [1.807, 2.05) is 24.3 Å². The molecule has 2 N–H and O–H groups in total. The number of urea groups is 1. The Morgan fingerprint density at radius 2 is 2.08 bits per heavy atom. The molecule has 1 fully saturated rings. The number of aromatic nitrogens is 1. The van der Waals surface area contributed by atoms with Gasteiger partial charge in [-0.2, -0.15) is 0 Å². The Kier molecular flexibility index (Phi) is 4.74. The second-order valence-corrected chi connectivity index (χ2v) is 6.37. The summed E-state index contributed by atoms with van der Waals surface area (Å²) in [6.45, 7) is 0.854. The Morgan fingerprint density at radius 3 is 2.84 bits per heavy atom. The fraction of sp³-hybridized carbons (Fsp3) is 0.389. The van der Waals surface area contributed by atoms with Crippen molar-refractivity contribution >= 4 is 22.9 Å². The number of fused-ring (bicyclic) bond motifs is 1. The number of carbonyl (C=O) groups excluding carboxylic acids is 1. The molecule has 1 aromatic heterocycles. The van der Waals surface area contributed by atoms with E-state index < -0.39 is 11.9 Å². The van der Waals surface area contributed by atoms with Gasteiger partial charge in [-0.15, -0.1) is 0 Å². The normalized spacial score (nSPS) is 17.5. The van der Waals surface area contributed by atoms with E-state index in [9.17, 15) is 14.4 Å². The van der Waals surface area contributed by atoms with Crippen LogP contribution in [0.3, 0.4) is 0 Å². The molecule has 1 aromatic carbocycles. The predicted molar refractivity (Wildman–Crippen MR) is 93.4 cm³/mol. The number of aliphatic carboxylic acids is 1. The van der Waals surface area contributed by atoms with Gasteiger partial charge in [-0.3, -0.25) is 9.59 Å². The molecule has 0 bridgehead atoms. The van der Waals surface area contributed by atoms with Crippen molar-refractivity contribution in [3.8, 4) is 0 Å².